The van der Waals surface area contributed by atoms with Gasteiger partial charge in [-0.1, -0.05) is 60.5 Å². The van der Waals surface area contributed by atoms with Crippen molar-refractivity contribution in [3.05, 3.63) is 127 Å². The zero-order valence-electron chi connectivity index (χ0n) is 28.4. The highest BCUT2D eigenvalue weighted by Crippen LogP contribution is 2.42. The molecule has 4 aromatic rings. The SMILES string of the molecule is Cc1cc(C)c(P(C/C(=C/[Si](C)(C)C)B(c2c(F)c(F)c(F)c(F)c2F)c2c(F)c(F)c(F)c(F)c2F)c2c(C)cc(C)cc2C)c(C)c1. The third-order valence-corrected chi connectivity index (χ3v) is 12.6. The molecule has 0 aliphatic rings. The maximum atomic E-state index is 15.8. The van der Waals surface area contributed by atoms with Crippen LogP contribution in [-0.4, -0.2) is 20.9 Å². The maximum absolute atomic E-state index is 15.8. The molecular weight excluding hydrogens is 692 g/mol. The zero-order valence-corrected chi connectivity index (χ0v) is 30.3. The van der Waals surface area contributed by atoms with Crippen LogP contribution in [0, 0.1) is 99.7 Å². The summed E-state index contributed by atoms with van der Waals surface area (Å²) in [7, 11) is -4.41. The van der Waals surface area contributed by atoms with Crippen molar-refractivity contribution in [3.63, 3.8) is 0 Å². The van der Waals surface area contributed by atoms with Gasteiger partial charge in [-0.15, -0.1) is 5.70 Å². The van der Waals surface area contributed by atoms with Gasteiger partial charge in [0.05, 0.1) is 8.07 Å². The molecule has 0 saturated carbocycles. The summed E-state index contributed by atoms with van der Waals surface area (Å²) in [5, 5.41) is 1.57. The van der Waals surface area contributed by atoms with E-state index in [1.807, 2.05) is 65.8 Å². The summed E-state index contributed by atoms with van der Waals surface area (Å²) in [4.78, 5) is 0. The van der Waals surface area contributed by atoms with Crippen LogP contribution in [0.2, 0.25) is 19.6 Å². The van der Waals surface area contributed by atoms with Crippen molar-refractivity contribution >= 4 is 44.2 Å². The number of allylic oxidation sites excluding steroid dienone is 1. The van der Waals surface area contributed by atoms with Crippen LogP contribution in [0.3, 0.4) is 0 Å². The smallest absolute Gasteiger partial charge is 0.204 e. The van der Waals surface area contributed by atoms with E-state index >= 15 is 17.6 Å². The Morgan fingerprint density at radius 1 is 0.510 bits per heavy atom. The van der Waals surface area contributed by atoms with E-state index in [4.69, 9.17) is 0 Å². The summed E-state index contributed by atoms with van der Waals surface area (Å²) >= 11 is 0. The Morgan fingerprint density at radius 2 is 0.776 bits per heavy atom. The molecule has 0 spiro atoms. The number of rotatable bonds is 8. The van der Waals surface area contributed by atoms with Gasteiger partial charge in [0.2, 0.25) is 0 Å². The molecule has 0 fully saturated rings. The number of halogens is 10. The first-order valence-electron chi connectivity index (χ1n) is 15.3. The van der Waals surface area contributed by atoms with E-state index in [0.717, 1.165) is 44.0 Å². The molecule has 0 atom stereocenters. The van der Waals surface area contributed by atoms with Gasteiger partial charge in [0.15, 0.2) is 58.2 Å². The predicted octanol–water partition coefficient (Wildman–Crippen LogP) is 9.01. The van der Waals surface area contributed by atoms with Crippen molar-refractivity contribution < 1.29 is 43.9 Å². The summed E-state index contributed by atoms with van der Waals surface area (Å²) < 4.78 is 151. The fraction of sp³-hybridized carbons (Fsp3) is 0.278. The molecule has 0 radical (unpaired) electrons. The third kappa shape index (κ3) is 7.27. The molecule has 0 amide bonds. The van der Waals surface area contributed by atoms with Crippen molar-refractivity contribution in [2.75, 3.05) is 6.16 Å². The van der Waals surface area contributed by atoms with Gasteiger partial charge in [0, 0.05) is 10.9 Å². The van der Waals surface area contributed by atoms with Gasteiger partial charge in [-0.2, -0.15) is 0 Å². The van der Waals surface area contributed by atoms with Crippen LogP contribution >= 0.6 is 7.92 Å². The lowest BCUT2D eigenvalue weighted by molar-refractivity contribution is 0.382. The lowest BCUT2D eigenvalue weighted by atomic mass is 9.36. The third-order valence-electron chi connectivity index (χ3n) is 8.21. The highest BCUT2D eigenvalue weighted by atomic mass is 31.1. The Bertz CT molecular complexity index is 1790. The molecule has 0 N–H and O–H groups in total. The summed E-state index contributed by atoms with van der Waals surface area (Å²) in [6.45, 7) is 13.8. The van der Waals surface area contributed by atoms with E-state index < -0.39 is 91.8 Å². The summed E-state index contributed by atoms with van der Waals surface area (Å²) in [5.74, 6) is -24.5. The van der Waals surface area contributed by atoms with Gasteiger partial charge >= 0.3 is 0 Å². The minimum atomic E-state index is -2.70. The fourth-order valence-corrected chi connectivity index (χ4v) is 11.4. The van der Waals surface area contributed by atoms with Gasteiger partial charge in [0.25, 0.3) is 6.71 Å². The molecule has 0 bridgehead atoms. The van der Waals surface area contributed by atoms with Crippen LogP contribution in [0.4, 0.5) is 43.9 Å². The Morgan fingerprint density at radius 3 is 1.04 bits per heavy atom. The molecule has 0 unspecified atom stereocenters. The Balaban J connectivity index is 2.24. The van der Waals surface area contributed by atoms with Crippen LogP contribution < -0.4 is 21.5 Å². The minimum Gasteiger partial charge on any atom is -0.204 e. The van der Waals surface area contributed by atoms with Crippen molar-refractivity contribution in [2.24, 2.45) is 0 Å². The topological polar surface area (TPSA) is 0 Å². The highest BCUT2D eigenvalue weighted by molar-refractivity contribution is 7.73. The minimum absolute atomic E-state index is 0.240. The van der Waals surface area contributed by atoms with Crippen LogP contribution in [0.5, 0.6) is 0 Å². The Labute approximate surface area is 282 Å². The molecule has 49 heavy (non-hydrogen) atoms. The van der Waals surface area contributed by atoms with Gasteiger partial charge < -0.3 is 0 Å². The van der Waals surface area contributed by atoms with E-state index in [9.17, 15) is 26.3 Å². The van der Waals surface area contributed by atoms with E-state index in [-0.39, 0.29) is 11.6 Å². The second kappa shape index (κ2) is 14.1. The lowest BCUT2D eigenvalue weighted by Gasteiger charge is -2.31. The number of benzene rings is 4. The molecule has 0 aliphatic heterocycles. The Hall–Kier alpha value is -3.37. The van der Waals surface area contributed by atoms with Gasteiger partial charge in [0.1, 0.15) is 0 Å². The van der Waals surface area contributed by atoms with Crippen LogP contribution in [0.15, 0.2) is 35.4 Å². The molecule has 0 nitrogen and oxygen atoms in total. The predicted molar refractivity (Wildman–Crippen MR) is 181 cm³/mol. The van der Waals surface area contributed by atoms with Crippen molar-refractivity contribution in [1.82, 2.24) is 0 Å². The molecule has 0 saturated heterocycles. The normalized spacial score (nSPS) is 12.4. The molecule has 0 aromatic heterocycles. The van der Waals surface area contributed by atoms with Crippen LogP contribution in [0.1, 0.15) is 33.4 Å². The van der Waals surface area contributed by atoms with Crippen molar-refractivity contribution in [3.8, 4) is 0 Å². The first-order valence-corrected chi connectivity index (χ1v) is 20.4. The largest absolute Gasteiger partial charge is 0.252 e. The summed E-state index contributed by atoms with van der Waals surface area (Å²) in [6, 6.07) is 7.63. The molecule has 4 aromatic carbocycles. The number of hydrogen-bond acceptors (Lipinski definition) is 0. The highest BCUT2D eigenvalue weighted by Gasteiger charge is 2.43. The second-order valence-electron chi connectivity index (χ2n) is 13.6. The van der Waals surface area contributed by atoms with E-state index in [1.54, 1.807) is 19.6 Å². The van der Waals surface area contributed by atoms with Gasteiger partial charge in [-0.3, -0.25) is 0 Å². The van der Waals surface area contributed by atoms with Crippen LogP contribution in [0.25, 0.3) is 0 Å². The number of aryl methyl sites for hydroxylation is 6. The maximum Gasteiger partial charge on any atom is 0.252 e. The van der Waals surface area contributed by atoms with Crippen molar-refractivity contribution in [1.29, 1.82) is 0 Å². The second-order valence-corrected chi connectivity index (χ2v) is 20.7. The van der Waals surface area contributed by atoms with Gasteiger partial charge in [-0.25, -0.2) is 43.9 Å². The molecular formula is C36H34BF10PSi. The quantitative estimate of drug-likeness (QED) is 0.0560. The molecule has 0 heterocycles. The average Bonchev–Trinajstić information content (AvgIpc) is 2.98. The standard InChI is InChI=1S/C36H34BF10PSi/c1-16-10-18(3)35(19(4)11-16)48(36-20(5)12-17(2)13-21(36)6)14-22(15-49(7,8)9)37(23-25(38)29(42)33(46)30(43)26(23)39)24-27(40)31(44)34(47)32(45)28(24)41/h10-13,15H,14H2,1-9H3/b22-15-. The van der Waals surface area contributed by atoms with E-state index in [2.05, 4.69) is 0 Å². The first kappa shape index (κ1) is 38.4. The van der Waals surface area contributed by atoms with E-state index in [0.29, 0.717) is 0 Å². The monoisotopic (exact) mass is 726 g/mol. The van der Waals surface area contributed by atoms with Crippen LogP contribution in [-0.2, 0) is 0 Å². The average molecular weight is 727 g/mol. The first-order chi connectivity index (χ1) is 22.6. The van der Waals surface area contributed by atoms with Crippen molar-refractivity contribution in [2.45, 2.75) is 61.2 Å². The van der Waals surface area contributed by atoms with Gasteiger partial charge in [-0.05, 0) is 88.5 Å². The zero-order chi connectivity index (χ0) is 37.0. The molecule has 0 aliphatic carbocycles. The van der Waals surface area contributed by atoms with E-state index in [1.165, 1.54) is 5.70 Å². The summed E-state index contributed by atoms with van der Waals surface area (Å²) in [5.41, 5.74) is 2.87. The molecule has 4 rings (SSSR count). The summed E-state index contributed by atoms with van der Waals surface area (Å²) in [6.07, 6.45) is -0.279. The molecule has 260 valence electrons. The lowest BCUT2D eigenvalue weighted by Crippen LogP contribution is -2.53. The number of hydrogen-bond donors (Lipinski definition) is 0. The fourth-order valence-electron chi connectivity index (χ4n) is 6.69. The Kier molecular flexibility index (Phi) is 11.1. The molecule has 13 heteroatoms.